The van der Waals surface area contributed by atoms with Gasteiger partial charge in [0, 0.05) is 18.7 Å². The van der Waals surface area contributed by atoms with Crippen LogP contribution in [0.25, 0.3) is 11.4 Å². The fraction of sp³-hybridized carbons (Fsp3) is 0.286. The molecular weight excluding hydrogens is 364 g/mol. The zero-order valence-corrected chi connectivity index (χ0v) is 15.1. The summed E-state index contributed by atoms with van der Waals surface area (Å²) in [7, 11) is 0. The third-order valence-electron chi connectivity index (χ3n) is 4.94. The molecule has 5 nitrogen and oxygen atoms in total. The molecule has 0 N–H and O–H groups in total. The number of hydrogen-bond acceptors (Lipinski definition) is 4. The van der Waals surface area contributed by atoms with Gasteiger partial charge in [-0.3, -0.25) is 4.79 Å². The highest BCUT2D eigenvalue weighted by Gasteiger charge is 2.28. The molecule has 1 atom stereocenters. The van der Waals surface area contributed by atoms with Gasteiger partial charge in [-0.25, -0.2) is 8.78 Å². The van der Waals surface area contributed by atoms with Crippen LogP contribution in [0.4, 0.5) is 8.78 Å². The van der Waals surface area contributed by atoms with Crippen LogP contribution in [0.3, 0.4) is 0 Å². The van der Waals surface area contributed by atoms with Gasteiger partial charge in [0.25, 0.3) is 0 Å². The molecule has 0 saturated carbocycles. The fourth-order valence-electron chi connectivity index (χ4n) is 3.41. The number of nitrogens with zero attached hydrogens (tertiary/aromatic N) is 3. The van der Waals surface area contributed by atoms with Crippen molar-refractivity contribution in [3.63, 3.8) is 0 Å². The van der Waals surface area contributed by atoms with E-state index in [4.69, 9.17) is 4.52 Å². The molecule has 144 valence electrons. The van der Waals surface area contributed by atoms with Crippen molar-refractivity contribution in [2.45, 2.75) is 25.2 Å². The molecule has 0 radical (unpaired) electrons. The Balaban J connectivity index is 1.43. The van der Waals surface area contributed by atoms with Gasteiger partial charge in [-0.1, -0.05) is 17.3 Å². The number of piperidine rings is 1. The summed E-state index contributed by atoms with van der Waals surface area (Å²) in [5, 5.41) is 3.99. The summed E-state index contributed by atoms with van der Waals surface area (Å²) in [4.78, 5) is 18.9. The molecule has 28 heavy (non-hydrogen) atoms. The minimum Gasteiger partial charge on any atom is -0.342 e. The van der Waals surface area contributed by atoms with Gasteiger partial charge < -0.3 is 9.42 Å². The van der Waals surface area contributed by atoms with Crippen LogP contribution in [-0.4, -0.2) is 34.0 Å². The molecule has 7 heteroatoms. The Kier molecular flexibility index (Phi) is 5.14. The van der Waals surface area contributed by atoms with Gasteiger partial charge in [-0.2, -0.15) is 4.98 Å². The van der Waals surface area contributed by atoms with Gasteiger partial charge in [-0.05, 0) is 54.8 Å². The van der Waals surface area contributed by atoms with E-state index in [1.165, 1.54) is 24.3 Å². The molecule has 3 aromatic rings. The van der Waals surface area contributed by atoms with Crippen molar-refractivity contribution in [3.05, 3.63) is 71.6 Å². The first-order valence-corrected chi connectivity index (χ1v) is 9.20. The third kappa shape index (κ3) is 4.08. The highest BCUT2D eigenvalue weighted by Crippen LogP contribution is 2.28. The van der Waals surface area contributed by atoms with Crippen LogP contribution in [0.15, 0.2) is 53.1 Å². The molecule has 1 amide bonds. The third-order valence-corrected chi connectivity index (χ3v) is 4.94. The zero-order valence-electron chi connectivity index (χ0n) is 15.1. The lowest BCUT2D eigenvalue weighted by Crippen LogP contribution is -2.40. The maximum absolute atomic E-state index is 13.1. The van der Waals surface area contributed by atoms with Gasteiger partial charge in [0.05, 0.1) is 12.3 Å². The van der Waals surface area contributed by atoms with Gasteiger partial charge in [-0.15, -0.1) is 0 Å². The summed E-state index contributed by atoms with van der Waals surface area (Å²) in [5.41, 5.74) is 1.46. The molecule has 4 rings (SSSR count). The Hall–Kier alpha value is -3.09. The van der Waals surface area contributed by atoms with E-state index in [1.807, 2.05) is 0 Å². The summed E-state index contributed by atoms with van der Waals surface area (Å²) < 4.78 is 31.5. The Bertz CT molecular complexity index is 955. The largest absolute Gasteiger partial charge is 0.342 e. The number of aromatic nitrogens is 2. The second-order valence-corrected chi connectivity index (χ2v) is 6.95. The molecule has 2 aromatic carbocycles. The van der Waals surface area contributed by atoms with Crippen LogP contribution in [-0.2, 0) is 11.2 Å². The monoisotopic (exact) mass is 383 g/mol. The van der Waals surface area contributed by atoms with Crippen LogP contribution < -0.4 is 0 Å². The maximum atomic E-state index is 13.1. The lowest BCUT2D eigenvalue weighted by molar-refractivity contribution is -0.131. The highest BCUT2D eigenvalue weighted by atomic mass is 19.1. The summed E-state index contributed by atoms with van der Waals surface area (Å²) in [5.74, 6) is 0.211. The summed E-state index contributed by atoms with van der Waals surface area (Å²) >= 11 is 0. The van der Waals surface area contributed by atoms with E-state index in [2.05, 4.69) is 10.1 Å². The zero-order chi connectivity index (χ0) is 19.5. The Morgan fingerprint density at radius 3 is 2.46 bits per heavy atom. The van der Waals surface area contributed by atoms with E-state index >= 15 is 0 Å². The first-order valence-electron chi connectivity index (χ1n) is 9.20. The van der Waals surface area contributed by atoms with E-state index in [1.54, 1.807) is 29.2 Å². The maximum Gasteiger partial charge on any atom is 0.231 e. The van der Waals surface area contributed by atoms with Crippen molar-refractivity contribution in [1.29, 1.82) is 0 Å². The minimum absolute atomic E-state index is 0.00502. The van der Waals surface area contributed by atoms with Crippen molar-refractivity contribution < 1.29 is 18.1 Å². The van der Waals surface area contributed by atoms with Crippen molar-refractivity contribution >= 4 is 5.91 Å². The molecule has 1 aliphatic heterocycles. The minimum atomic E-state index is -0.324. The number of hydrogen-bond donors (Lipinski definition) is 0. The smallest absolute Gasteiger partial charge is 0.231 e. The Morgan fingerprint density at radius 2 is 1.75 bits per heavy atom. The average Bonchev–Trinajstić information content (AvgIpc) is 3.21. The topological polar surface area (TPSA) is 59.2 Å². The number of likely N-dealkylation sites (tertiary alicyclic amines) is 1. The van der Waals surface area contributed by atoms with Crippen molar-refractivity contribution in [2.24, 2.45) is 0 Å². The predicted molar refractivity (Wildman–Crippen MR) is 98.4 cm³/mol. The van der Waals surface area contributed by atoms with Crippen LogP contribution in [0.5, 0.6) is 0 Å². The Labute approximate surface area is 161 Å². The molecule has 1 fully saturated rings. The number of carbonyl (C=O) groups is 1. The van der Waals surface area contributed by atoms with Gasteiger partial charge >= 0.3 is 0 Å². The van der Waals surface area contributed by atoms with Crippen molar-refractivity contribution in [3.8, 4) is 11.4 Å². The molecule has 0 spiro atoms. The van der Waals surface area contributed by atoms with Crippen molar-refractivity contribution in [2.75, 3.05) is 13.1 Å². The quantitative estimate of drug-likeness (QED) is 0.684. The van der Waals surface area contributed by atoms with Gasteiger partial charge in [0.15, 0.2) is 0 Å². The number of amides is 1. The van der Waals surface area contributed by atoms with E-state index in [-0.39, 0.29) is 29.9 Å². The molecule has 0 bridgehead atoms. The summed E-state index contributed by atoms with van der Waals surface area (Å²) in [6.07, 6.45) is 1.93. The summed E-state index contributed by atoms with van der Waals surface area (Å²) in [6, 6.07) is 11.9. The van der Waals surface area contributed by atoms with Crippen LogP contribution in [0.1, 0.15) is 30.2 Å². The molecule has 1 saturated heterocycles. The second kappa shape index (κ2) is 7.88. The number of benzene rings is 2. The number of carbonyl (C=O) groups excluding carboxylic acids is 1. The normalized spacial score (nSPS) is 16.9. The standard InChI is InChI=1S/C21H19F2N3O2/c22-17-7-3-14(4-8-17)12-19(27)26-11-1-2-16(13-26)21-24-20(25-28-21)15-5-9-18(23)10-6-15/h3-10,16H,1-2,11-13H2/t16-/m0/s1. The second-order valence-electron chi connectivity index (χ2n) is 6.95. The molecule has 0 unspecified atom stereocenters. The SMILES string of the molecule is O=C(Cc1ccc(F)cc1)N1CCC[C@H](c2nc(-c3ccc(F)cc3)no2)C1. The predicted octanol–water partition coefficient (Wildman–Crippen LogP) is 3.96. The van der Waals surface area contributed by atoms with Crippen LogP contribution >= 0.6 is 0 Å². The lowest BCUT2D eigenvalue weighted by atomic mass is 9.97. The van der Waals surface area contributed by atoms with Gasteiger partial charge in [0.2, 0.25) is 17.6 Å². The molecule has 1 aromatic heterocycles. The van der Waals surface area contributed by atoms with Crippen molar-refractivity contribution in [1.82, 2.24) is 15.0 Å². The van der Waals surface area contributed by atoms with E-state index in [0.717, 1.165) is 18.4 Å². The first kappa shape index (κ1) is 18.3. The average molecular weight is 383 g/mol. The first-order chi connectivity index (χ1) is 13.6. The molecular formula is C21H19F2N3O2. The summed E-state index contributed by atoms with van der Waals surface area (Å²) in [6.45, 7) is 1.18. The van der Waals surface area contributed by atoms with E-state index in [0.29, 0.717) is 30.4 Å². The van der Waals surface area contributed by atoms with E-state index in [9.17, 15) is 13.6 Å². The number of halogens is 2. The highest BCUT2D eigenvalue weighted by molar-refractivity contribution is 5.79. The lowest BCUT2D eigenvalue weighted by Gasteiger charge is -2.31. The fourth-order valence-corrected chi connectivity index (χ4v) is 3.41. The number of rotatable bonds is 4. The van der Waals surface area contributed by atoms with Crippen LogP contribution in [0, 0.1) is 11.6 Å². The van der Waals surface area contributed by atoms with E-state index < -0.39 is 0 Å². The van der Waals surface area contributed by atoms with Gasteiger partial charge in [0.1, 0.15) is 11.6 Å². The Morgan fingerprint density at radius 1 is 1.07 bits per heavy atom. The molecule has 1 aliphatic rings. The molecule has 2 heterocycles. The van der Waals surface area contributed by atoms with Crippen LogP contribution in [0.2, 0.25) is 0 Å². The molecule has 0 aliphatic carbocycles.